The fourth-order valence-corrected chi connectivity index (χ4v) is 3.64. The summed E-state index contributed by atoms with van der Waals surface area (Å²) in [6, 6.07) is 10.2. The van der Waals surface area contributed by atoms with E-state index in [2.05, 4.69) is 40.3 Å². The van der Waals surface area contributed by atoms with E-state index >= 15 is 0 Å². The van der Waals surface area contributed by atoms with Crippen molar-refractivity contribution in [2.75, 3.05) is 13.7 Å². The Kier molecular flexibility index (Phi) is 5.90. The minimum atomic E-state index is 0.122. The fourth-order valence-electron chi connectivity index (χ4n) is 2.01. The summed E-state index contributed by atoms with van der Waals surface area (Å²) in [4.78, 5) is 1.21. The molecule has 0 amide bonds. The molecule has 108 valence electrons. The number of hydrogen-bond donors (Lipinski definition) is 1. The molecule has 0 aliphatic carbocycles. The van der Waals surface area contributed by atoms with Crippen LogP contribution in [0.2, 0.25) is 4.34 Å². The molecule has 0 spiro atoms. The molecule has 2 rings (SSSR count). The zero-order valence-electron chi connectivity index (χ0n) is 11.5. The van der Waals surface area contributed by atoms with Crippen molar-refractivity contribution in [2.45, 2.75) is 19.4 Å². The van der Waals surface area contributed by atoms with Crippen molar-refractivity contribution in [1.82, 2.24) is 5.32 Å². The average Bonchev–Trinajstić information content (AvgIpc) is 2.87. The number of methoxy groups -OCH3 is 1. The Bertz CT molecular complexity index is 573. The van der Waals surface area contributed by atoms with Gasteiger partial charge in [-0.15, -0.1) is 11.3 Å². The molecule has 0 saturated carbocycles. The molecule has 0 bridgehead atoms. The Morgan fingerprint density at radius 1 is 1.35 bits per heavy atom. The van der Waals surface area contributed by atoms with E-state index in [0.29, 0.717) is 0 Å². The molecular formula is C15H17BrClNOS. The Balaban J connectivity index is 2.40. The highest BCUT2D eigenvalue weighted by molar-refractivity contribution is 9.10. The lowest BCUT2D eigenvalue weighted by atomic mass is 10.0. The fraction of sp³-hybridized carbons (Fsp3) is 0.333. The van der Waals surface area contributed by atoms with Crippen LogP contribution in [-0.2, 0) is 0 Å². The maximum absolute atomic E-state index is 6.08. The van der Waals surface area contributed by atoms with Gasteiger partial charge in [-0.2, -0.15) is 0 Å². The van der Waals surface area contributed by atoms with Gasteiger partial charge < -0.3 is 10.1 Å². The molecule has 1 aromatic heterocycles. The Hall–Kier alpha value is -0.550. The van der Waals surface area contributed by atoms with Gasteiger partial charge in [-0.1, -0.05) is 34.5 Å². The van der Waals surface area contributed by atoms with Crippen LogP contribution < -0.4 is 10.1 Å². The lowest BCUT2D eigenvalue weighted by Gasteiger charge is -2.20. The molecule has 5 heteroatoms. The smallest absolute Gasteiger partial charge is 0.119 e. The first-order valence-electron chi connectivity index (χ1n) is 6.47. The molecule has 0 radical (unpaired) electrons. The number of rotatable bonds is 6. The molecule has 20 heavy (non-hydrogen) atoms. The van der Waals surface area contributed by atoms with Crippen LogP contribution >= 0.6 is 38.9 Å². The predicted octanol–water partition coefficient (Wildman–Crippen LogP) is 5.26. The lowest BCUT2D eigenvalue weighted by Crippen LogP contribution is -2.22. The topological polar surface area (TPSA) is 21.3 Å². The first-order valence-corrected chi connectivity index (χ1v) is 8.46. The zero-order chi connectivity index (χ0) is 14.5. The first kappa shape index (κ1) is 15.8. The number of hydrogen-bond acceptors (Lipinski definition) is 3. The molecule has 1 unspecified atom stereocenters. The Morgan fingerprint density at radius 3 is 2.75 bits per heavy atom. The van der Waals surface area contributed by atoms with Crippen molar-refractivity contribution in [1.29, 1.82) is 0 Å². The summed E-state index contributed by atoms with van der Waals surface area (Å²) in [6.07, 6.45) is 1.08. The van der Waals surface area contributed by atoms with Gasteiger partial charge in [0.05, 0.1) is 17.5 Å². The summed E-state index contributed by atoms with van der Waals surface area (Å²) >= 11 is 11.3. The third-order valence-electron chi connectivity index (χ3n) is 2.99. The van der Waals surface area contributed by atoms with E-state index in [-0.39, 0.29) is 6.04 Å². The van der Waals surface area contributed by atoms with Crippen molar-refractivity contribution in [3.8, 4) is 5.75 Å². The summed E-state index contributed by atoms with van der Waals surface area (Å²) in [5.74, 6) is 0.856. The quantitative estimate of drug-likeness (QED) is 0.744. The Labute approximate surface area is 137 Å². The second-order valence-electron chi connectivity index (χ2n) is 4.42. The third-order valence-corrected chi connectivity index (χ3v) is 5.01. The molecular weight excluding hydrogens is 358 g/mol. The molecule has 2 nitrogen and oxygen atoms in total. The van der Waals surface area contributed by atoms with E-state index in [1.165, 1.54) is 4.88 Å². The van der Waals surface area contributed by atoms with Gasteiger partial charge in [0.15, 0.2) is 0 Å². The van der Waals surface area contributed by atoms with E-state index in [1.54, 1.807) is 18.4 Å². The van der Waals surface area contributed by atoms with Gasteiger partial charge in [-0.05, 0) is 48.9 Å². The average molecular weight is 375 g/mol. The van der Waals surface area contributed by atoms with Crippen LogP contribution in [0.4, 0.5) is 0 Å². The van der Waals surface area contributed by atoms with Crippen LogP contribution in [0, 0.1) is 0 Å². The van der Waals surface area contributed by atoms with Gasteiger partial charge in [0.1, 0.15) is 5.75 Å². The van der Waals surface area contributed by atoms with E-state index in [1.807, 2.05) is 18.2 Å². The van der Waals surface area contributed by atoms with Crippen LogP contribution in [0.5, 0.6) is 5.75 Å². The summed E-state index contributed by atoms with van der Waals surface area (Å²) in [7, 11) is 1.68. The number of thiophene rings is 1. The van der Waals surface area contributed by atoms with Crippen molar-refractivity contribution >= 4 is 38.9 Å². The van der Waals surface area contributed by atoms with Crippen molar-refractivity contribution < 1.29 is 4.74 Å². The van der Waals surface area contributed by atoms with E-state index in [9.17, 15) is 0 Å². The van der Waals surface area contributed by atoms with Gasteiger partial charge >= 0.3 is 0 Å². The SMILES string of the molecule is CCCNC(c1ccc(Cl)s1)c1cc(OC)ccc1Br. The number of nitrogens with one attached hydrogen (secondary N) is 1. The second-order valence-corrected chi connectivity index (χ2v) is 7.02. The van der Waals surface area contributed by atoms with Gasteiger partial charge in [0.25, 0.3) is 0 Å². The predicted molar refractivity (Wildman–Crippen MR) is 90.2 cm³/mol. The number of halogens is 2. The molecule has 1 aromatic carbocycles. The molecule has 1 N–H and O–H groups in total. The summed E-state index contributed by atoms with van der Waals surface area (Å²) < 4.78 is 7.21. The third kappa shape index (κ3) is 3.76. The monoisotopic (exact) mass is 373 g/mol. The Morgan fingerprint density at radius 2 is 2.15 bits per heavy atom. The summed E-state index contributed by atoms with van der Waals surface area (Å²) in [5.41, 5.74) is 1.16. The first-order chi connectivity index (χ1) is 9.65. The van der Waals surface area contributed by atoms with Crippen LogP contribution in [0.3, 0.4) is 0 Å². The molecule has 0 saturated heterocycles. The summed E-state index contributed by atoms with van der Waals surface area (Å²) in [6.45, 7) is 3.11. The van der Waals surface area contributed by atoms with Crippen LogP contribution in [-0.4, -0.2) is 13.7 Å². The molecule has 0 aliphatic rings. The van der Waals surface area contributed by atoms with Crippen LogP contribution in [0.15, 0.2) is 34.8 Å². The summed E-state index contributed by atoms with van der Waals surface area (Å²) in [5, 5.41) is 3.57. The minimum Gasteiger partial charge on any atom is -0.497 e. The zero-order valence-corrected chi connectivity index (χ0v) is 14.6. The normalized spacial score (nSPS) is 12.4. The molecule has 1 atom stereocenters. The maximum Gasteiger partial charge on any atom is 0.119 e. The number of benzene rings is 1. The van der Waals surface area contributed by atoms with Crippen molar-refractivity contribution in [2.24, 2.45) is 0 Å². The highest BCUT2D eigenvalue weighted by atomic mass is 79.9. The van der Waals surface area contributed by atoms with Crippen molar-refractivity contribution in [3.05, 3.63) is 49.6 Å². The van der Waals surface area contributed by atoms with Gasteiger partial charge in [-0.25, -0.2) is 0 Å². The van der Waals surface area contributed by atoms with Gasteiger partial charge in [0.2, 0.25) is 0 Å². The van der Waals surface area contributed by atoms with E-state index < -0.39 is 0 Å². The standard InChI is InChI=1S/C15H17BrClNOS/c1-3-8-18-15(13-6-7-14(17)20-13)11-9-10(19-2)4-5-12(11)16/h4-7,9,15,18H,3,8H2,1-2H3. The van der Waals surface area contributed by atoms with Gasteiger partial charge in [0, 0.05) is 9.35 Å². The van der Waals surface area contributed by atoms with Crippen molar-refractivity contribution in [3.63, 3.8) is 0 Å². The molecule has 0 fully saturated rings. The number of ether oxygens (including phenoxy) is 1. The van der Waals surface area contributed by atoms with E-state index in [0.717, 1.165) is 33.1 Å². The van der Waals surface area contributed by atoms with Gasteiger partial charge in [-0.3, -0.25) is 0 Å². The van der Waals surface area contributed by atoms with Crippen LogP contribution in [0.1, 0.15) is 29.8 Å². The minimum absolute atomic E-state index is 0.122. The molecule has 0 aliphatic heterocycles. The lowest BCUT2D eigenvalue weighted by molar-refractivity contribution is 0.413. The highest BCUT2D eigenvalue weighted by Crippen LogP contribution is 2.36. The highest BCUT2D eigenvalue weighted by Gasteiger charge is 2.18. The molecule has 1 heterocycles. The maximum atomic E-state index is 6.08. The van der Waals surface area contributed by atoms with Crippen LogP contribution in [0.25, 0.3) is 0 Å². The second kappa shape index (κ2) is 7.46. The largest absolute Gasteiger partial charge is 0.497 e. The molecule has 2 aromatic rings. The van der Waals surface area contributed by atoms with E-state index in [4.69, 9.17) is 16.3 Å².